The maximum absolute atomic E-state index is 12.3. The molecule has 2 amide bonds. The number of carbonyl (C=O) groups excluding carboxylic acids is 2. The Morgan fingerprint density at radius 3 is 2.68 bits per heavy atom. The predicted molar refractivity (Wildman–Crippen MR) is 95.0 cm³/mol. The molecule has 0 atom stereocenters. The van der Waals surface area contributed by atoms with Gasteiger partial charge in [0.2, 0.25) is 5.91 Å². The smallest absolute Gasteiger partial charge is 0.306 e. The number of thiophene rings is 1. The molecular weight excluding hydrogens is 362 g/mol. The molecule has 9 heteroatoms. The van der Waals surface area contributed by atoms with Crippen LogP contribution in [0.1, 0.15) is 28.2 Å². The van der Waals surface area contributed by atoms with Crippen LogP contribution in [0.3, 0.4) is 0 Å². The normalized spacial score (nSPS) is 15.1. The second kappa shape index (κ2) is 7.75. The molecule has 0 saturated carbocycles. The highest BCUT2D eigenvalue weighted by Crippen LogP contribution is 2.21. The third-order valence-corrected chi connectivity index (χ3v) is 5.72. The Balaban J connectivity index is 1.52. The van der Waals surface area contributed by atoms with E-state index in [1.54, 1.807) is 22.4 Å². The number of rotatable bonds is 5. The number of thiazole rings is 1. The number of likely N-dealkylation sites (tertiary alicyclic amines) is 1. The SMILES string of the molecule is O=C(Nc1nc(CC(=O)N2CCC(C(=O)O)CC2)cs1)c1cccs1. The molecule has 132 valence electrons. The molecule has 1 fully saturated rings. The Morgan fingerprint density at radius 1 is 1.28 bits per heavy atom. The van der Waals surface area contributed by atoms with Crippen LogP contribution < -0.4 is 5.32 Å². The number of hydrogen-bond acceptors (Lipinski definition) is 6. The van der Waals surface area contributed by atoms with Crippen molar-refractivity contribution in [3.8, 4) is 0 Å². The first kappa shape index (κ1) is 17.6. The average Bonchev–Trinajstić information content (AvgIpc) is 3.27. The molecule has 25 heavy (non-hydrogen) atoms. The summed E-state index contributed by atoms with van der Waals surface area (Å²) < 4.78 is 0. The van der Waals surface area contributed by atoms with Crippen molar-refractivity contribution in [3.63, 3.8) is 0 Å². The number of amides is 2. The Kier molecular flexibility index (Phi) is 5.44. The van der Waals surface area contributed by atoms with Crippen molar-refractivity contribution >= 4 is 45.6 Å². The first-order valence-corrected chi connectivity index (χ1v) is 9.58. The van der Waals surface area contributed by atoms with Crippen LogP contribution in [-0.4, -0.2) is 45.9 Å². The largest absolute Gasteiger partial charge is 0.481 e. The van der Waals surface area contributed by atoms with Crippen LogP contribution in [0.25, 0.3) is 0 Å². The average molecular weight is 379 g/mol. The van der Waals surface area contributed by atoms with Gasteiger partial charge in [-0.15, -0.1) is 22.7 Å². The third-order valence-electron chi connectivity index (χ3n) is 4.05. The number of nitrogens with zero attached hydrogens (tertiary/aromatic N) is 2. The number of carbonyl (C=O) groups is 3. The molecule has 7 nitrogen and oxygen atoms in total. The molecule has 0 aliphatic carbocycles. The minimum absolute atomic E-state index is 0.0646. The highest BCUT2D eigenvalue weighted by Gasteiger charge is 2.27. The number of anilines is 1. The standard InChI is InChI=1S/C16H17N3O4S2/c20-13(19-5-3-10(4-6-19)15(22)23)8-11-9-25-16(17-11)18-14(21)12-2-1-7-24-12/h1-2,7,9-10H,3-6,8H2,(H,22,23)(H,17,18,21). The molecule has 1 aliphatic rings. The predicted octanol–water partition coefficient (Wildman–Crippen LogP) is 2.32. The molecule has 2 aromatic heterocycles. The van der Waals surface area contributed by atoms with Gasteiger partial charge in [0, 0.05) is 18.5 Å². The van der Waals surface area contributed by atoms with Crippen LogP contribution in [0.15, 0.2) is 22.9 Å². The molecule has 1 aliphatic heterocycles. The zero-order valence-electron chi connectivity index (χ0n) is 13.3. The maximum Gasteiger partial charge on any atom is 0.306 e. The van der Waals surface area contributed by atoms with Crippen molar-refractivity contribution in [1.29, 1.82) is 0 Å². The Labute approximate surface area is 152 Å². The van der Waals surface area contributed by atoms with E-state index >= 15 is 0 Å². The van der Waals surface area contributed by atoms with E-state index in [9.17, 15) is 14.4 Å². The van der Waals surface area contributed by atoms with E-state index < -0.39 is 5.97 Å². The molecule has 0 aromatic carbocycles. The topological polar surface area (TPSA) is 99.6 Å². The van der Waals surface area contributed by atoms with Gasteiger partial charge in [-0.25, -0.2) is 4.98 Å². The summed E-state index contributed by atoms with van der Waals surface area (Å²) in [6.07, 6.45) is 1.13. The lowest BCUT2D eigenvalue weighted by atomic mass is 9.97. The van der Waals surface area contributed by atoms with Crippen molar-refractivity contribution in [2.75, 3.05) is 18.4 Å². The first-order chi connectivity index (χ1) is 12.0. The quantitative estimate of drug-likeness (QED) is 0.830. The molecule has 0 bridgehead atoms. The summed E-state index contributed by atoms with van der Waals surface area (Å²) in [5.41, 5.74) is 0.608. The number of hydrogen-bond donors (Lipinski definition) is 2. The Morgan fingerprint density at radius 2 is 2.04 bits per heavy atom. The summed E-state index contributed by atoms with van der Waals surface area (Å²) in [4.78, 5) is 41.8. The molecule has 3 heterocycles. The van der Waals surface area contributed by atoms with Gasteiger partial charge in [0.25, 0.3) is 5.91 Å². The highest BCUT2D eigenvalue weighted by atomic mass is 32.1. The van der Waals surface area contributed by atoms with E-state index in [1.165, 1.54) is 22.7 Å². The minimum Gasteiger partial charge on any atom is -0.481 e. The van der Waals surface area contributed by atoms with Gasteiger partial charge in [-0.3, -0.25) is 19.7 Å². The van der Waals surface area contributed by atoms with E-state index in [0.29, 0.717) is 41.6 Å². The molecule has 0 spiro atoms. The van der Waals surface area contributed by atoms with Crippen LogP contribution in [-0.2, 0) is 16.0 Å². The lowest BCUT2D eigenvalue weighted by Crippen LogP contribution is -2.41. The number of aliphatic carboxylic acids is 1. The molecule has 1 saturated heterocycles. The van der Waals surface area contributed by atoms with Crippen LogP contribution in [0.5, 0.6) is 0 Å². The van der Waals surface area contributed by atoms with Crippen molar-refractivity contribution in [3.05, 3.63) is 33.5 Å². The van der Waals surface area contributed by atoms with Gasteiger partial charge in [0.15, 0.2) is 5.13 Å². The number of nitrogens with one attached hydrogen (secondary N) is 1. The summed E-state index contributed by atoms with van der Waals surface area (Å²) in [7, 11) is 0. The van der Waals surface area contributed by atoms with E-state index in [2.05, 4.69) is 10.3 Å². The monoisotopic (exact) mass is 379 g/mol. The van der Waals surface area contributed by atoms with Crippen LogP contribution in [0, 0.1) is 5.92 Å². The van der Waals surface area contributed by atoms with E-state index in [4.69, 9.17) is 5.11 Å². The van der Waals surface area contributed by atoms with E-state index in [0.717, 1.165) is 0 Å². The van der Waals surface area contributed by atoms with Gasteiger partial charge in [-0.05, 0) is 24.3 Å². The highest BCUT2D eigenvalue weighted by molar-refractivity contribution is 7.14. The number of carboxylic acids is 1. The molecular formula is C16H17N3O4S2. The lowest BCUT2D eigenvalue weighted by Gasteiger charge is -2.30. The third kappa shape index (κ3) is 4.43. The fourth-order valence-corrected chi connectivity index (χ4v) is 3.98. The number of carboxylic acid groups (broad SMARTS) is 1. The first-order valence-electron chi connectivity index (χ1n) is 7.83. The van der Waals surface area contributed by atoms with E-state index in [-0.39, 0.29) is 24.2 Å². The molecule has 0 radical (unpaired) electrons. The number of aromatic nitrogens is 1. The van der Waals surface area contributed by atoms with Crippen LogP contribution in [0.4, 0.5) is 5.13 Å². The van der Waals surface area contributed by atoms with Crippen molar-refractivity contribution < 1.29 is 19.5 Å². The summed E-state index contributed by atoms with van der Waals surface area (Å²) in [6.45, 7) is 0.920. The van der Waals surface area contributed by atoms with Gasteiger partial charge in [0.1, 0.15) is 0 Å². The van der Waals surface area contributed by atoms with Gasteiger partial charge in [0.05, 0.1) is 22.9 Å². The fourth-order valence-electron chi connectivity index (χ4n) is 2.65. The maximum atomic E-state index is 12.3. The van der Waals surface area contributed by atoms with Crippen LogP contribution >= 0.6 is 22.7 Å². The second-order valence-corrected chi connectivity index (χ2v) is 7.55. The van der Waals surface area contributed by atoms with Crippen molar-refractivity contribution in [2.45, 2.75) is 19.3 Å². The minimum atomic E-state index is -0.794. The Hall–Kier alpha value is -2.26. The molecule has 2 aromatic rings. The summed E-state index contributed by atoms with van der Waals surface area (Å²) >= 11 is 2.63. The van der Waals surface area contributed by atoms with Crippen molar-refractivity contribution in [2.24, 2.45) is 5.92 Å². The van der Waals surface area contributed by atoms with Crippen molar-refractivity contribution in [1.82, 2.24) is 9.88 Å². The fraction of sp³-hybridized carbons (Fsp3) is 0.375. The second-order valence-electron chi connectivity index (χ2n) is 5.75. The van der Waals surface area contributed by atoms with E-state index in [1.807, 2.05) is 5.38 Å². The van der Waals surface area contributed by atoms with Gasteiger partial charge >= 0.3 is 5.97 Å². The Bertz CT molecular complexity index is 764. The van der Waals surface area contributed by atoms with Gasteiger partial charge in [-0.2, -0.15) is 0 Å². The van der Waals surface area contributed by atoms with Gasteiger partial charge < -0.3 is 10.0 Å². The number of piperidine rings is 1. The zero-order chi connectivity index (χ0) is 17.8. The molecule has 3 rings (SSSR count). The molecule has 0 unspecified atom stereocenters. The van der Waals surface area contributed by atoms with Gasteiger partial charge in [-0.1, -0.05) is 6.07 Å². The summed E-state index contributed by atoms with van der Waals surface area (Å²) in [5.74, 6) is -1.43. The molecule has 2 N–H and O–H groups in total. The lowest BCUT2D eigenvalue weighted by molar-refractivity contribution is -0.145. The summed E-state index contributed by atoms with van der Waals surface area (Å²) in [6, 6.07) is 3.54. The van der Waals surface area contributed by atoms with Crippen LogP contribution in [0.2, 0.25) is 0 Å². The summed E-state index contributed by atoms with van der Waals surface area (Å²) in [5, 5.41) is 15.8. The zero-order valence-corrected chi connectivity index (χ0v) is 14.9.